The van der Waals surface area contributed by atoms with Crippen molar-refractivity contribution in [1.29, 1.82) is 0 Å². The molecule has 0 atom stereocenters. The standard InChI is InChI=1S/C18H22O.C6H6O3/c1-4-13-11-14(5-2)18(15(6-3)12-13)16-7-9-17(19)10-8-16;7-4-1-5(8)3-6(9)2-4/h7-12,19H,4-6H2,1-3H3;1-3,7-9H. The molecule has 0 amide bonds. The first-order chi connectivity index (χ1) is 13.4. The average Bonchev–Trinajstić information content (AvgIpc) is 2.67. The van der Waals surface area contributed by atoms with Crippen molar-refractivity contribution in [3.8, 4) is 34.1 Å². The van der Waals surface area contributed by atoms with Gasteiger partial charge in [0.05, 0.1) is 0 Å². The Hall–Kier alpha value is -3.14. The fraction of sp³-hybridized carbons (Fsp3) is 0.250. The molecule has 0 heterocycles. The van der Waals surface area contributed by atoms with Crippen molar-refractivity contribution < 1.29 is 20.4 Å². The molecular formula is C24H28O4. The van der Waals surface area contributed by atoms with E-state index < -0.39 is 0 Å². The zero-order valence-corrected chi connectivity index (χ0v) is 16.6. The SMILES string of the molecule is CCc1cc(CC)c(-c2ccc(O)cc2)c(CC)c1.Oc1cc(O)cc(O)c1. The summed E-state index contributed by atoms with van der Waals surface area (Å²) < 4.78 is 0. The number of aryl methyl sites for hydroxylation is 3. The van der Waals surface area contributed by atoms with Gasteiger partial charge in [0.2, 0.25) is 0 Å². The summed E-state index contributed by atoms with van der Waals surface area (Å²) in [5.41, 5.74) is 6.77. The second kappa shape index (κ2) is 9.70. The highest BCUT2D eigenvalue weighted by Crippen LogP contribution is 2.31. The third-order valence-corrected chi connectivity index (χ3v) is 4.57. The number of rotatable bonds is 4. The number of benzene rings is 3. The molecule has 0 unspecified atom stereocenters. The lowest BCUT2D eigenvalue weighted by Crippen LogP contribution is -1.97. The van der Waals surface area contributed by atoms with Crippen molar-refractivity contribution in [2.45, 2.75) is 40.0 Å². The van der Waals surface area contributed by atoms with Crippen LogP contribution in [0.25, 0.3) is 11.1 Å². The van der Waals surface area contributed by atoms with Gasteiger partial charge in [0.15, 0.2) is 0 Å². The second-order valence-electron chi connectivity index (χ2n) is 6.60. The minimum absolute atomic E-state index is 0.146. The van der Waals surface area contributed by atoms with Crippen LogP contribution < -0.4 is 0 Å². The Morgan fingerprint density at radius 1 is 0.536 bits per heavy atom. The average molecular weight is 380 g/mol. The molecule has 0 aromatic heterocycles. The summed E-state index contributed by atoms with van der Waals surface area (Å²) >= 11 is 0. The Bertz CT molecular complexity index is 839. The van der Waals surface area contributed by atoms with Gasteiger partial charge in [-0.05, 0) is 59.2 Å². The van der Waals surface area contributed by atoms with Gasteiger partial charge < -0.3 is 20.4 Å². The van der Waals surface area contributed by atoms with Gasteiger partial charge in [-0.1, -0.05) is 45.0 Å². The van der Waals surface area contributed by atoms with Gasteiger partial charge in [-0.25, -0.2) is 0 Å². The smallest absolute Gasteiger partial charge is 0.122 e. The molecule has 148 valence electrons. The van der Waals surface area contributed by atoms with Crippen LogP contribution in [-0.4, -0.2) is 20.4 Å². The summed E-state index contributed by atoms with van der Waals surface area (Å²) in [4.78, 5) is 0. The summed E-state index contributed by atoms with van der Waals surface area (Å²) in [5.74, 6) is -0.113. The molecule has 0 bridgehead atoms. The largest absolute Gasteiger partial charge is 0.508 e. The van der Waals surface area contributed by atoms with Gasteiger partial charge in [0.1, 0.15) is 23.0 Å². The van der Waals surface area contributed by atoms with Crippen LogP contribution in [0.4, 0.5) is 0 Å². The van der Waals surface area contributed by atoms with E-state index in [1.54, 1.807) is 12.1 Å². The number of phenolic OH excluding ortho intramolecular Hbond substituents is 4. The number of hydrogen-bond acceptors (Lipinski definition) is 4. The van der Waals surface area contributed by atoms with Crippen molar-refractivity contribution in [2.75, 3.05) is 0 Å². The van der Waals surface area contributed by atoms with Crippen molar-refractivity contribution in [2.24, 2.45) is 0 Å². The second-order valence-corrected chi connectivity index (χ2v) is 6.60. The maximum Gasteiger partial charge on any atom is 0.122 e. The van der Waals surface area contributed by atoms with Gasteiger partial charge in [0, 0.05) is 18.2 Å². The lowest BCUT2D eigenvalue weighted by atomic mass is 9.89. The van der Waals surface area contributed by atoms with Crippen molar-refractivity contribution in [3.05, 3.63) is 71.3 Å². The number of hydrogen-bond donors (Lipinski definition) is 4. The summed E-state index contributed by atoms with van der Waals surface area (Å²) in [6.45, 7) is 6.62. The van der Waals surface area contributed by atoms with E-state index in [0.29, 0.717) is 5.75 Å². The molecule has 4 heteroatoms. The fourth-order valence-corrected chi connectivity index (χ4v) is 3.18. The molecule has 3 aromatic rings. The fourth-order valence-electron chi connectivity index (χ4n) is 3.18. The Kier molecular flexibility index (Phi) is 7.33. The van der Waals surface area contributed by atoms with E-state index in [1.807, 2.05) is 12.1 Å². The number of phenols is 4. The summed E-state index contributed by atoms with van der Waals surface area (Å²) in [6, 6.07) is 15.6. The Labute approximate surface area is 166 Å². The third-order valence-electron chi connectivity index (χ3n) is 4.57. The van der Waals surface area contributed by atoms with Crippen molar-refractivity contribution in [3.63, 3.8) is 0 Å². The molecule has 28 heavy (non-hydrogen) atoms. The van der Waals surface area contributed by atoms with Crippen LogP contribution in [-0.2, 0) is 19.3 Å². The Morgan fingerprint density at radius 2 is 0.964 bits per heavy atom. The highest BCUT2D eigenvalue weighted by molar-refractivity contribution is 5.72. The van der Waals surface area contributed by atoms with Crippen LogP contribution in [0.3, 0.4) is 0 Å². The van der Waals surface area contributed by atoms with E-state index in [4.69, 9.17) is 15.3 Å². The molecule has 3 rings (SSSR count). The van der Waals surface area contributed by atoms with E-state index in [1.165, 1.54) is 27.8 Å². The van der Waals surface area contributed by atoms with E-state index in [2.05, 4.69) is 32.9 Å². The monoisotopic (exact) mass is 380 g/mol. The van der Waals surface area contributed by atoms with Crippen LogP contribution in [0.15, 0.2) is 54.6 Å². The van der Waals surface area contributed by atoms with Gasteiger partial charge in [-0.2, -0.15) is 0 Å². The predicted octanol–water partition coefficient (Wildman–Crippen LogP) is 5.55. The van der Waals surface area contributed by atoms with E-state index >= 15 is 0 Å². The zero-order valence-electron chi connectivity index (χ0n) is 16.6. The molecule has 0 saturated carbocycles. The Morgan fingerprint density at radius 3 is 1.32 bits per heavy atom. The van der Waals surface area contributed by atoms with Crippen LogP contribution in [0.5, 0.6) is 23.0 Å². The maximum absolute atomic E-state index is 9.44. The molecule has 0 radical (unpaired) electrons. The summed E-state index contributed by atoms with van der Waals surface area (Å²) in [5, 5.41) is 35.5. The molecule has 4 N–H and O–H groups in total. The van der Waals surface area contributed by atoms with E-state index in [9.17, 15) is 5.11 Å². The minimum atomic E-state index is -0.146. The quantitative estimate of drug-likeness (QED) is 0.478. The van der Waals surface area contributed by atoms with Crippen LogP contribution in [0.2, 0.25) is 0 Å². The first kappa shape index (κ1) is 21.2. The van der Waals surface area contributed by atoms with Crippen LogP contribution in [0, 0.1) is 0 Å². The van der Waals surface area contributed by atoms with E-state index in [-0.39, 0.29) is 17.2 Å². The lowest BCUT2D eigenvalue weighted by Gasteiger charge is -2.16. The molecule has 0 spiro atoms. The summed E-state index contributed by atoms with van der Waals surface area (Å²) in [6.07, 6.45) is 3.16. The zero-order chi connectivity index (χ0) is 20.7. The third kappa shape index (κ3) is 5.43. The Balaban J connectivity index is 0.000000261. The van der Waals surface area contributed by atoms with Gasteiger partial charge in [0.25, 0.3) is 0 Å². The van der Waals surface area contributed by atoms with Crippen molar-refractivity contribution >= 4 is 0 Å². The summed E-state index contributed by atoms with van der Waals surface area (Å²) in [7, 11) is 0. The normalized spacial score (nSPS) is 10.2. The van der Waals surface area contributed by atoms with Crippen LogP contribution in [0.1, 0.15) is 37.5 Å². The first-order valence-electron chi connectivity index (χ1n) is 9.53. The highest BCUT2D eigenvalue weighted by Gasteiger charge is 2.10. The first-order valence-corrected chi connectivity index (χ1v) is 9.53. The number of aromatic hydroxyl groups is 4. The molecule has 3 aromatic carbocycles. The van der Waals surface area contributed by atoms with Gasteiger partial charge >= 0.3 is 0 Å². The molecule has 0 saturated heterocycles. The van der Waals surface area contributed by atoms with E-state index in [0.717, 1.165) is 37.5 Å². The van der Waals surface area contributed by atoms with Crippen molar-refractivity contribution in [1.82, 2.24) is 0 Å². The highest BCUT2D eigenvalue weighted by atomic mass is 16.3. The van der Waals surface area contributed by atoms with Crippen LogP contribution >= 0.6 is 0 Å². The molecule has 0 fully saturated rings. The molecular weight excluding hydrogens is 352 g/mol. The van der Waals surface area contributed by atoms with Gasteiger partial charge in [-0.15, -0.1) is 0 Å². The molecule has 0 aliphatic heterocycles. The van der Waals surface area contributed by atoms with Gasteiger partial charge in [-0.3, -0.25) is 0 Å². The maximum atomic E-state index is 9.44. The molecule has 0 aliphatic carbocycles. The molecule has 4 nitrogen and oxygen atoms in total. The topological polar surface area (TPSA) is 80.9 Å². The minimum Gasteiger partial charge on any atom is -0.508 e. The molecule has 0 aliphatic rings. The lowest BCUT2D eigenvalue weighted by molar-refractivity contribution is 0.428. The predicted molar refractivity (Wildman–Crippen MR) is 113 cm³/mol.